The van der Waals surface area contributed by atoms with Gasteiger partial charge < -0.3 is 20.8 Å². The summed E-state index contributed by atoms with van der Waals surface area (Å²) in [5.74, 6) is -3.29. The summed E-state index contributed by atoms with van der Waals surface area (Å²) in [4.78, 5) is 43.7. The SMILES string of the molecule is CC1(C)Cc2cnc(N)nc2-c2c1c(C(=O)Nc1ccc(CN3CCC(N4CCCCC4)CC3)cc1)nn2OC(=O)C(F)(F)F. The lowest BCUT2D eigenvalue weighted by atomic mass is 9.73. The molecule has 1 aliphatic carbocycles. The highest BCUT2D eigenvalue weighted by Gasteiger charge is 2.45. The second-order valence-corrected chi connectivity index (χ2v) is 12.7. The van der Waals surface area contributed by atoms with Crippen LogP contribution in [0.25, 0.3) is 11.4 Å². The Bertz CT molecular complexity index is 1570. The molecule has 3 aliphatic rings. The molecule has 0 unspecified atom stereocenters. The van der Waals surface area contributed by atoms with Crippen LogP contribution < -0.4 is 15.9 Å². The highest BCUT2D eigenvalue weighted by Crippen LogP contribution is 2.44. The Morgan fingerprint density at radius 2 is 1.76 bits per heavy atom. The Kier molecular flexibility index (Phi) is 8.29. The molecule has 3 aromatic rings. The average Bonchev–Trinajstić information content (AvgIpc) is 3.40. The molecule has 240 valence electrons. The first kappa shape index (κ1) is 31.0. The number of nitrogens with zero attached hydrogens (tertiary/aromatic N) is 6. The van der Waals surface area contributed by atoms with E-state index in [1.54, 1.807) is 12.1 Å². The van der Waals surface area contributed by atoms with Gasteiger partial charge in [-0.1, -0.05) is 37.2 Å². The van der Waals surface area contributed by atoms with Gasteiger partial charge in [-0.25, -0.2) is 14.8 Å². The number of anilines is 2. The summed E-state index contributed by atoms with van der Waals surface area (Å²) in [5, 5.41) is 6.85. The number of nitrogens with two attached hydrogens (primary N) is 1. The fraction of sp³-hybridized carbons (Fsp3) is 0.516. The maximum atomic E-state index is 13.6. The van der Waals surface area contributed by atoms with Crippen molar-refractivity contribution in [2.45, 2.75) is 76.6 Å². The summed E-state index contributed by atoms with van der Waals surface area (Å²) in [6, 6.07) is 8.15. The van der Waals surface area contributed by atoms with E-state index in [0.29, 0.717) is 28.6 Å². The summed E-state index contributed by atoms with van der Waals surface area (Å²) < 4.78 is 39.5. The van der Waals surface area contributed by atoms with Crippen LogP contribution >= 0.6 is 0 Å². The van der Waals surface area contributed by atoms with Crippen LogP contribution in [0.3, 0.4) is 0 Å². The minimum absolute atomic E-state index is 0.0579. The zero-order valence-corrected chi connectivity index (χ0v) is 25.4. The van der Waals surface area contributed by atoms with E-state index in [1.165, 1.54) is 51.4 Å². The van der Waals surface area contributed by atoms with Crippen LogP contribution in [0.15, 0.2) is 30.5 Å². The highest BCUT2D eigenvalue weighted by molar-refractivity contribution is 6.05. The van der Waals surface area contributed by atoms with Crippen LogP contribution in [0.1, 0.15) is 73.1 Å². The van der Waals surface area contributed by atoms with E-state index >= 15 is 0 Å². The first-order valence-electron chi connectivity index (χ1n) is 15.3. The van der Waals surface area contributed by atoms with E-state index in [1.807, 2.05) is 26.0 Å². The minimum Gasteiger partial charge on any atom is -0.368 e. The zero-order chi connectivity index (χ0) is 31.9. The lowest BCUT2D eigenvalue weighted by Crippen LogP contribution is -2.46. The van der Waals surface area contributed by atoms with Crippen molar-refractivity contribution in [1.29, 1.82) is 0 Å². The van der Waals surface area contributed by atoms with Crippen molar-refractivity contribution >= 4 is 23.5 Å². The summed E-state index contributed by atoms with van der Waals surface area (Å²) in [7, 11) is 0. The molecule has 0 bridgehead atoms. The van der Waals surface area contributed by atoms with E-state index < -0.39 is 23.5 Å². The van der Waals surface area contributed by atoms with E-state index in [2.05, 4.69) is 35.0 Å². The number of rotatable bonds is 6. The van der Waals surface area contributed by atoms with Gasteiger partial charge in [0.1, 0.15) is 11.4 Å². The Hall–Kier alpha value is -4.04. The molecule has 0 spiro atoms. The van der Waals surface area contributed by atoms with Gasteiger partial charge in [0.15, 0.2) is 5.69 Å². The van der Waals surface area contributed by atoms with E-state index in [0.717, 1.165) is 25.2 Å². The molecule has 2 aliphatic heterocycles. The van der Waals surface area contributed by atoms with Gasteiger partial charge in [0.2, 0.25) is 5.95 Å². The number of nitrogens with one attached hydrogen (secondary N) is 1. The third kappa shape index (κ3) is 6.52. The van der Waals surface area contributed by atoms with Crippen LogP contribution in [-0.2, 0) is 23.2 Å². The van der Waals surface area contributed by atoms with Gasteiger partial charge in [-0.3, -0.25) is 9.69 Å². The normalized spacial score (nSPS) is 19.0. The molecule has 14 heteroatoms. The fourth-order valence-electron chi connectivity index (χ4n) is 6.79. The van der Waals surface area contributed by atoms with Crippen LogP contribution in [0.4, 0.5) is 24.8 Å². The van der Waals surface area contributed by atoms with Crippen LogP contribution in [-0.4, -0.2) is 80.0 Å². The van der Waals surface area contributed by atoms with Crippen LogP contribution in [0.5, 0.6) is 0 Å². The van der Waals surface area contributed by atoms with Crippen LogP contribution in [0, 0.1) is 0 Å². The van der Waals surface area contributed by atoms with Crippen molar-refractivity contribution in [3.05, 3.63) is 52.8 Å². The van der Waals surface area contributed by atoms with Gasteiger partial charge in [0.05, 0.1) is 0 Å². The molecule has 0 atom stereocenters. The largest absolute Gasteiger partial charge is 0.493 e. The number of hydrogen-bond donors (Lipinski definition) is 2. The number of fused-ring (bicyclic) bond motifs is 3. The number of amides is 1. The number of piperidine rings is 2. The molecule has 2 aromatic heterocycles. The zero-order valence-electron chi connectivity index (χ0n) is 25.4. The predicted molar refractivity (Wildman–Crippen MR) is 160 cm³/mol. The topological polar surface area (TPSA) is 132 Å². The number of nitrogen functional groups attached to an aromatic ring is 1. The molecule has 0 radical (unpaired) electrons. The van der Waals surface area contributed by atoms with Gasteiger partial charge in [0.25, 0.3) is 5.91 Å². The van der Waals surface area contributed by atoms with Crippen molar-refractivity contribution in [2.75, 3.05) is 37.2 Å². The predicted octanol–water partition coefficient (Wildman–Crippen LogP) is 3.98. The summed E-state index contributed by atoms with van der Waals surface area (Å²) in [5.41, 5.74) is 7.32. The summed E-state index contributed by atoms with van der Waals surface area (Å²) >= 11 is 0. The van der Waals surface area contributed by atoms with Crippen molar-refractivity contribution in [1.82, 2.24) is 29.7 Å². The second-order valence-electron chi connectivity index (χ2n) is 12.7. The number of hydrogen-bond acceptors (Lipinski definition) is 9. The average molecular weight is 627 g/mol. The van der Waals surface area contributed by atoms with E-state index in [9.17, 15) is 22.8 Å². The van der Waals surface area contributed by atoms with Crippen molar-refractivity contribution in [3.63, 3.8) is 0 Å². The Labute approximate surface area is 258 Å². The molecular weight excluding hydrogens is 589 g/mol. The smallest absolute Gasteiger partial charge is 0.368 e. The quantitative estimate of drug-likeness (QED) is 0.417. The molecule has 1 aromatic carbocycles. The molecule has 2 saturated heterocycles. The van der Waals surface area contributed by atoms with Gasteiger partial charge in [-0.15, -0.1) is 5.10 Å². The number of likely N-dealkylation sites (tertiary alicyclic amines) is 2. The highest BCUT2D eigenvalue weighted by atomic mass is 19.4. The van der Waals surface area contributed by atoms with Crippen molar-refractivity contribution in [2.24, 2.45) is 0 Å². The molecule has 2 fully saturated rings. The fourth-order valence-corrected chi connectivity index (χ4v) is 6.79. The maximum Gasteiger partial charge on any atom is 0.493 e. The number of halogens is 3. The molecule has 0 saturated carbocycles. The number of carbonyl (C=O) groups excluding carboxylic acids is 2. The third-order valence-electron chi connectivity index (χ3n) is 8.97. The standard InChI is InChI=1S/C31H37F3N8O3/c1-30(2)16-20-17-36-29(35)38-24(20)26-23(30)25(39-42(26)45-28(44)31(32,33)34)27(43)37-21-8-6-19(7-9-21)18-40-14-10-22(11-15-40)41-12-4-3-5-13-41/h6-9,17,22H,3-5,10-16,18H2,1-2H3,(H,37,43)(H2,35,36,38). The number of benzene rings is 1. The molecule has 3 N–H and O–H groups in total. The monoisotopic (exact) mass is 626 g/mol. The lowest BCUT2D eigenvalue weighted by molar-refractivity contribution is -0.201. The van der Waals surface area contributed by atoms with E-state index in [-0.39, 0.29) is 28.6 Å². The molecule has 11 nitrogen and oxygen atoms in total. The molecular formula is C31H37F3N8O3. The Morgan fingerprint density at radius 1 is 1.07 bits per heavy atom. The minimum atomic E-state index is -5.29. The van der Waals surface area contributed by atoms with Crippen LogP contribution in [0.2, 0.25) is 0 Å². The van der Waals surface area contributed by atoms with Gasteiger partial charge in [-0.2, -0.15) is 13.2 Å². The Balaban J connectivity index is 1.19. The van der Waals surface area contributed by atoms with Gasteiger partial charge >= 0.3 is 12.1 Å². The molecule has 4 heterocycles. The molecule has 6 rings (SSSR count). The third-order valence-corrected chi connectivity index (χ3v) is 8.97. The van der Waals surface area contributed by atoms with Gasteiger partial charge in [-0.05, 0) is 87.0 Å². The van der Waals surface area contributed by atoms with E-state index in [4.69, 9.17) is 5.73 Å². The van der Waals surface area contributed by atoms with Crippen molar-refractivity contribution < 1.29 is 27.6 Å². The number of aromatic nitrogens is 4. The second kappa shape index (κ2) is 12.0. The summed E-state index contributed by atoms with van der Waals surface area (Å²) in [6.07, 6.45) is 2.80. The number of alkyl halides is 3. The molecule has 1 amide bonds. The maximum absolute atomic E-state index is 13.6. The molecule has 45 heavy (non-hydrogen) atoms. The first-order valence-corrected chi connectivity index (χ1v) is 15.3. The summed E-state index contributed by atoms with van der Waals surface area (Å²) in [6.45, 7) is 8.94. The Morgan fingerprint density at radius 3 is 2.42 bits per heavy atom. The lowest BCUT2D eigenvalue weighted by Gasteiger charge is -2.40. The van der Waals surface area contributed by atoms with Gasteiger partial charge in [0, 0.05) is 30.0 Å². The first-order chi connectivity index (χ1) is 21.4. The van der Waals surface area contributed by atoms with Crippen molar-refractivity contribution in [3.8, 4) is 11.4 Å². The number of carbonyl (C=O) groups is 2.